The van der Waals surface area contributed by atoms with Gasteiger partial charge in [-0.05, 0) is 31.0 Å². The summed E-state index contributed by atoms with van der Waals surface area (Å²) in [6.45, 7) is 1.85. The van der Waals surface area contributed by atoms with Gasteiger partial charge >= 0.3 is 0 Å². The van der Waals surface area contributed by atoms with Crippen LogP contribution in [0.15, 0.2) is 59.5 Å². The van der Waals surface area contributed by atoms with E-state index in [-0.39, 0.29) is 11.3 Å². The van der Waals surface area contributed by atoms with Crippen molar-refractivity contribution in [1.82, 2.24) is 4.72 Å². The van der Waals surface area contributed by atoms with Gasteiger partial charge in [-0.25, -0.2) is 13.1 Å². The molecule has 0 saturated carbocycles. The van der Waals surface area contributed by atoms with Crippen molar-refractivity contribution in [3.05, 3.63) is 65.7 Å². The fraction of sp³-hybridized carbons (Fsp3) is 0.188. The second-order valence-electron chi connectivity index (χ2n) is 5.08. The zero-order valence-corrected chi connectivity index (χ0v) is 13.0. The highest BCUT2D eigenvalue weighted by molar-refractivity contribution is 7.90. The molecule has 22 heavy (non-hydrogen) atoms. The monoisotopic (exact) mass is 318 g/mol. The minimum atomic E-state index is -3.89. The molecule has 2 rings (SSSR count). The van der Waals surface area contributed by atoms with E-state index >= 15 is 0 Å². The van der Waals surface area contributed by atoms with Gasteiger partial charge in [-0.3, -0.25) is 4.79 Å². The van der Waals surface area contributed by atoms with Crippen LogP contribution in [0.25, 0.3) is 0 Å². The van der Waals surface area contributed by atoms with Gasteiger partial charge < -0.3 is 5.73 Å². The lowest BCUT2D eigenvalue weighted by atomic mass is 10.1. The maximum absolute atomic E-state index is 12.1. The molecule has 116 valence electrons. The van der Waals surface area contributed by atoms with Crippen LogP contribution in [0.3, 0.4) is 0 Å². The maximum atomic E-state index is 12.1. The first-order valence-electron chi connectivity index (χ1n) is 6.81. The SMILES string of the molecule is Cc1ccc(S(=O)(=O)NC(=O)C(N)Cc2ccccc2)cc1. The molecule has 0 radical (unpaired) electrons. The number of carbonyl (C=O) groups excluding carboxylic acids is 1. The average molecular weight is 318 g/mol. The quantitative estimate of drug-likeness (QED) is 0.871. The summed E-state index contributed by atoms with van der Waals surface area (Å²) in [7, 11) is -3.89. The van der Waals surface area contributed by atoms with Gasteiger partial charge in [0.1, 0.15) is 0 Å². The molecule has 0 bridgehead atoms. The third kappa shape index (κ3) is 4.16. The van der Waals surface area contributed by atoms with E-state index < -0.39 is 22.0 Å². The van der Waals surface area contributed by atoms with Crippen molar-refractivity contribution in [3.8, 4) is 0 Å². The molecule has 0 heterocycles. The van der Waals surface area contributed by atoms with E-state index in [1.54, 1.807) is 12.1 Å². The molecule has 2 aromatic rings. The molecule has 1 amide bonds. The third-order valence-corrected chi connectivity index (χ3v) is 4.56. The van der Waals surface area contributed by atoms with Crippen molar-refractivity contribution in [2.45, 2.75) is 24.3 Å². The fourth-order valence-electron chi connectivity index (χ4n) is 1.95. The minimum Gasteiger partial charge on any atom is -0.320 e. The van der Waals surface area contributed by atoms with Crippen molar-refractivity contribution in [2.75, 3.05) is 0 Å². The number of amides is 1. The normalized spacial score (nSPS) is 12.6. The first-order valence-corrected chi connectivity index (χ1v) is 8.29. The van der Waals surface area contributed by atoms with Crippen LogP contribution in [0.4, 0.5) is 0 Å². The Kier molecular flexibility index (Phi) is 4.95. The van der Waals surface area contributed by atoms with E-state index in [0.29, 0.717) is 0 Å². The predicted octanol–water partition coefficient (Wildman–Crippen LogP) is 1.37. The van der Waals surface area contributed by atoms with Crippen LogP contribution in [0.5, 0.6) is 0 Å². The molecular formula is C16H18N2O3S. The molecule has 0 aliphatic rings. The highest BCUT2D eigenvalue weighted by Gasteiger charge is 2.22. The van der Waals surface area contributed by atoms with Gasteiger partial charge in [-0.2, -0.15) is 0 Å². The Labute approximate surface area is 130 Å². The summed E-state index contributed by atoms with van der Waals surface area (Å²) in [6.07, 6.45) is 0.274. The number of rotatable bonds is 5. The number of carbonyl (C=O) groups is 1. The first-order chi connectivity index (χ1) is 10.4. The van der Waals surface area contributed by atoms with E-state index in [0.717, 1.165) is 11.1 Å². The van der Waals surface area contributed by atoms with Crippen molar-refractivity contribution in [2.24, 2.45) is 5.73 Å². The second-order valence-corrected chi connectivity index (χ2v) is 6.76. The Morgan fingerprint density at radius 2 is 1.68 bits per heavy atom. The van der Waals surface area contributed by atoms with Crippen molar-refractivity contribution in [3.63, 3.8) is 0 Å². The Morgan fingerprint density at radius 3 is 2.27 bits per heavy atom. The second kappa shape index (κ2) is 6.72. The Balaban J connectivity index is 2.05. The van der Waals surface area contributed by atoms with E-state index in [1.165, 1.54) is 12.1 Å². The maximum Gasteiger partial charge on any atom is 0.264 e. The predicted molar refractivity (Wildman–Crippen MR) is 84.6 cm³/mol. The summed E-state index contributed by atoms with van der Waals surface area (Å²) < 4.78 is 26.3. The lowest BCUT2D eigenvalue weighted by Gasteiger charge is -2.13. The molecule has 0 aromatic heterocycles. The molecule has 0 spiro atoms. The van der Waals surface area contributed by atoms with E-state index in [1.807, 2.05) is 42.0 Å². The van der Waals surface area contributed by atoms with Gasteiger partial charge in [0.25, 0.3) is 15.9 Å². The summed E-state index contributed by atoms with van der Waals surface area (Å²) in [5.41, 5.74) is 7.59. The number of hydrogen-bond donors (Lipinski definition) is 2. The Hall–Kier alpha value is -2.18. The van der Waals surface area contributed by atoms with Gasteiger partial charge in [-0.15, -0.1) is 0 Å². The molecule has 1 atom stereocenters. The number of benzene rings is 2. The molecule has 2 aromatic carbocycles. The molecular weight excluding hydrogens is 300 g/mol. The van der Waals surface area contributed by atoms with E-state index in [4.69, 9.17) is 5.73 Å². The van der Waals surface area contributed by atoms with Gasteiger partial charge in [0, 0.05) is 0 Å². The molecule has 0 aliphatic carbocycles. The summed E-state index contributed by atoms with van der Waals surface area (Å²) in [6, 6.07) is 14.5. The standard InChI is InChI=1S/C16H18N2O3S/c1-12-7-9-14(10-8-12)22(20,21)18-16(19)15(17)11-13-5-3-2-4-6-13/h2-10,15H,11,17H2,1H3,(H,18,19). The highest BCUT2D eigenvalue weighted by Crippen LogP contribution is 2.10. The number of sulfonamides is 1. The van der Waals surface area contributed by atoms with Crippen LogP contribution in [0.2, 0.25) is 0 Å². The number of nitrogens with two attached hydrogens (primary N) is 1. The largest absolute Gasteiger partial charge is 0.320 e. The number of aryl methyl sites for hydroxylation is 1. The first kappa shape index (κ1) is 16.2. The van der Waals surface area contributed by atoms with Crippen molar-refractivity contribution >= 4 is 15.9 Å². The Morgan fingerprint density at radius 1 is 1.09 bits per heavy atom. The molecule has 3 N–H and O–H groups in total. The minimum absolute atomic E-state index is 0.0401. The Bertz CT molecular complexity index is 741. The number of hydrogen-bond acceptors (Lipinski definition) is 4. The van der Waals surface area contributed by atoms with Crippen molar-refractivity contribution in [1.29, 1.82) is 0 Å². The van der Waals surface area contributed by atoms with Crippen LogP contribution in [-0.4, -0.2) is 20.4 Å². The fourth-order valence-corrected chi connectivity index (χ4v) is 2.97. The van der Waals surface area contributed by atoms with Gasteiger partial charge in [0.15, 0.2) is 0 Å². The molecule has 1 unspecified atom stereocenters. The van der Waals surface area contributed by atoms with Crippen LogP contribution in [0.1, 0.15) is 11.1 Å². The topological polar surface area (TPSA) is 89.3 Å². The highest BCUT2D eigenvalue weighted by atomic mass is 32.2. The summed E-state index contributed by atoms with van der Waals surface area (Å²) >= 11 is 0. The van der Waals surface area contributed by atoms with E-state index in [9.17, 15) is 13.2 Å². The average Bonchev–Trinajstić information content (AvgIpc) is 2.48. The van der Waals surface area contributed by atoms with E-state index in [2.05, 4.69) is 0 Å². The molecule has 0 saturated heterocycles. The van der Waals surface area contributed by atoms with Crippen LogP contribution in [-0.2, 0) is 21.2 Å². The lowest BCUT2D eigenvalue weighted by molar-refractivity contribution is -0.120. The molecule has 0 fully saturated rings. The summed E-state index contributed by atoms with van der Waals surface area (Å²) in [5.74, 6) is -0.718. The zero-order chi connectivity index (χ0) is 16.2. The molecule has 5 nitrogen and oxygen atoms in total. The molecule has 0 aliphatic heterocycles. The van der Waals surface area contributed by atoms with Gasteiger partial charge in [0.05, 0.1) is 10.9 Å². The van der Waals surface area contributed by atoms with Crippen LogP contribution < -0.4 is 10.5 Å². The zero-order valence-electron chi connectivity index (χ0n) is 12.2. The van der Waals surface area contributed by atoms with Gasteiger partial charge in [-0.1, -0.05) is 48.0 Å². The smallest absolute Gasteiger partial charge is 0.264 e. The third-order valence-electron chi connectivity index (χ3n) is 3.20. The summed E-state index contributed by atoms with van der Waals surface area (Å²) in [4.78, 5) is 12.0. The van der Waals surface area contributed by atoms with Crippen LogP contribution in [0, 0.1) is 6.92 Å². The van der Waals surface area contributed by atoms with Crippen LogP contribution >= 0.6 is 0 Å². The van der Waals surface area contributed by atoms with Gasteiger partial charge in [0.2, 0.25) is 0 Å². The molecule has 6 heteroatoms. The lowest BCUT2D eigenvalue weighted by Crippen LogP contribution is -2.44. The van der Waals surface area contributed by atoms with Crippen molar-refractivity contribution < 1.29 is 13.2 Å². The summed E-state index contributed by atoms with van der Waals surface area (Å²) in [5, 5.41) is 0. The number of nitrogens with one attached hydrogen (secondary N) is 1.